The molecule has 1 aliphatic rings. The second-order valence-electron chi connectivity index (χ2n) is 12.5. The number of carbonyl (C=O) groups excluding carboxylic acids is 6. The van der Waals surface area contributed by atoms with Crippen LogP contribution in [-0.2, 0) is 44.5 Å². The van der Waals surface area contributed by atoms with Crippen LogP contribution >= 0.6 is 9.03 Å². The van der Waals surface area contributed by atoms with Crippen molar-refractivity contribution in [2.24, 2.45) is 17.4 Å². The highest BCUT2D eigenvalue weighted by Gasteiger charge is 2.23. The van der Waals surface area contributed by atoms with Crippen molar-refractivity contribution in [3.05, 3.63) is 29.8 Å². The number of carbonyl (C=O) groups is 6. The van der Waals surface area contributed by atoms with E-state index in [9.17, 15) is 33.9 Å². The predicted molar refractivity (Wildman–Crippen MR) is 225 cm³/mol. The molecule has 0 aliphatic carbocycles. The smallest absolute Gasteiger partial charge is 0.407 e. The second-order valence-corrected chi connectivity index (χ2v) is 13.1. The summed E-state index contributed by atoms with van der Waals surface area (Å²) in [7, 11) is -0.950. The molecular weight excluding hydrogens is 777 g/mol. The first kappa shape index (κ1) is 57.9. The molecule has 2 unspecified atom stereocenters. The minimum atomic E-state index is -0.950. The SMILES string of the molecule is C#C.CC(C)C(C)N.CCCNC(N)=O.O=CCCCCC(=O)N1CC[C@H](O)C1.O=CNCC(=O)Nc1ccc(COC(=O)NCCOCCOCCO[PH2+]O)cc1. The molecule has 3 atom stereocenters. The molecule has 1 aromatic carbocycles. The number of aliphatic hydroxyl groups is 1. The standard InChI is InChI=1S/C17H26N3O8P.C10H17NO3.C5H13N.C4H10N2O.C2H2/c21-13-18-11-16(22)20-15-3-1-14(2-4-15)12-27-17(23)19-5-6-25-7-8-26-9-10-28-29-24;12-7-3-1-2-4-10(14)11-6-5-9(13)8-11;1-4(2)5(3)6;1-2-3-6-4(5)7;1-2/h1-4,13,24H,5-12,29H2,(H2-,18,19,20,21,22,23);7,9,13H,1-6,8H2;4-5H,6H2,1-3H3;2-3H2,1H3,(H3,5,6,7);1-2H/p+1/t;9-;;;/m.0.../s1. The maximum atomic E-state index is 11.6. The van der Waals surface area contributed by atoms with Crippen molar-refractivity contribution >= 4 is 51.4 Å². The third-order valence-electron chi connectivity index (χ3n) is 7.34. The largest absolute Gasteiger partial charge is 0.445 e. The zero-order valence-electron chi connectivity index (χ0n) is 34.5. The fraction of sp³-hybridized carbons (Fsp3) is 0.632. The quantitative estimate of drug-likeness (QED) is 0.0318. The van der Waals surface area contributed by atoms with E-state index < -0.39 is 21.2 Å². The minimum absolute atomic E-state index is 0.0824. The Bertz CT molecular complexity index is 1220. The number of nitrogens with zero attached hydrogens (tertiary/aromatic N) is 1. The Kier molecular flexibility index (Phi) is 42.1. The van der Waals surface area contributed by atoms with Gasteiger partial charge >= 0.3 is 12.1 Å². The predicted octanol–water partition coefficient (Wildman–Crippen LogP) is 1.52. The summed E-state index contributed by atoms with van der Waals surface area (Å²) in [6.07, 6.45) is 12.6. The van der Waals surface area contributed by atoms with Crippen molar-refractivity contribution in [3.8, 4) is 12.8 Å². The van der Waals surface area contributed by atoms with Crippen molar-refractivity contribution in [3.63, 3.8) is 0 Å². The molecule has 0 spiro atoms. The van der Waals surface area contributed by atoms with E-state index >= 15 is 0 Å². The number of amides is 6. The third kappa shape index (κ3) is 39.8. The number of terminal acetylenes is 1. The number of nitrogens with two attached hydrogens (primary N) is 2. The van der Waals surface area contributed by atoms with Gasteiger partial charge in [0.2, 0.25) is 27.3 Å². The molecule has 1 fully saturated rings. The van der Waals surface area contributed by atoms with Crippen LogP contribution in [0.5, 0.6) is 0 Å². The van der Waals surface area contributed by atoms with Crippen molar-refractivity contribution in [2.75, 3.05) is 71.1 Å². The van der Waals surface area contributed by atoms with E-state index in [4.69, 9.17) is 35.1 Å². The average molecular weight is 847 g/mol. The lowest BCUT2D eigenvalue weighted by Crippen LogP contribution is -2.29. The maximum absolute atomic E-state index is 11.6. The number of likely N-dealkylation sites (tertiary alicyclic amines) is 1. The molecule has 10 N–H and O–H groups in total. The Morgan fingerprint density at radius 1 is 0.983 bits per heavy atom. The van der Waals surface area contributed by atoms with Crippen molar-refractivity contribution in [1.82, 2.24) is 20.9 Å². The topological polar surface area (TPSA) is 283 Å². The molecule has 1 heterocycles. The average Bonchev–Trinajstić information content (AvgIpc) is 3.66. The van der Waals surface area contributed by atoms with E-state index in [0.717, 1.165) is 31.1 Å². The van der Waals surface area contributed by atoms with Gasteiger partial charge in [-0.15, -0.1) is 12.8 Å². The number of anilines is 1. The Morgan fingerprint density at radius 2 is 1.60 bits per heavy atom. The number of unbranched alkanes of at least 4 members (excludes halogenated alkanes) is 2. The summed E-state index contributed by atoms with van der Waals surface area (Å²) in [4.78, 5) is 74.8. The van der Waals surface area contributed by atoms with Gasteiger partial charge in [-0.1, -0.05) is 32.9 Å². The van der Waals surface area contributed by atoms with Crippen molar-refractivity contribution in [1.29, 1.82) is 0 Å². The second kappa shape index (κ2) is 42.2. The highest BCUT2D eigenvalue weighted by molar-refractivity contribution is 7.24. The van der Waals surface area contributed by atoms with Gasteiger partial charge in [-0.3, -0.25) is 14.4 Å². The number of primary amides is 1. The molecule has 20 heteroatoms. The molecule has 2 rings (SSSR count). The van der Waals surface area contributed by atoms with E-state index in [1.807, 2.05) is 13.8 Å². The summed E-state index contributed by atoms with van der Waals surface area (Å²) < 4.78 is 20.3. The zero-order valence-corrected chi connectivity index (χ0v) is 35.7. The van der Waals surface area contributed by atoms with Gasteiger partial charge in [0.1, 0.15) is 19.5 Å². The number of aliphatic hydroxyl groups excluding tert-OH is 1. The van der Waals surface area contributed by atoms with Crippen LogP contribution in [0.1, 0.15) is 71.8 Å². The molecule has 6 amide bonds. The summed E-state index contributed by atoms with van der Waals surface area (Å²) in [5.41, 5.74) is 11.5. The fourth-order valence-electron chi connectivity index (χ4n) is 3.81. The van der Waals surface area contributed by atoms with Crippen LogP contribution < -0.4 is 32.7 Å². The fourth-order valence-corrected chi connectivity index (χ4v) is 4.01. The first-order valence-electron chi connectivity index (χ1n) is 19.0. The first-order chi connectivity index (χ1) is 27.8. The summed E-state index contributed by atoms with van der Waals surface area (Å²) >= 11 is 0. The van der Waals surface area contributed by atoms with Crippen LogP contribution in [0, 0.1) is 18.8 Å². The van der Waals surface area contributed by atoms with E-state index in [1.165, 1.54) is 0 Å². The summed E-state index contributed by atoms with van der Waals surface area (Å²) in [5.74, 6) is 0.392. The Morgan fingerprint density at radius 3 is 2.10 bits per heavy atom. The summed E-state index contributed by atoms with van der Waals surface area (Å²) in [6.45, 7) is 12.2. The zero-order chi connectivity index (χ0) is 44.4. The van der Waals surface area contributed by atoms with E-state index in [1.54, 1.807) is 29.2 Å². The number of alkyl carbamates (subject to hydrolysis) is 1. The first-order valence-corrected chi connectivity index (χ1v) is 20.0. The van der Waals surface area contributed by atoms with E-state index in [0.29, 0.717) is 103 Å². The number of ether oxygens (including phenoxy) is 3. The lowest BCUT2D eigenvalue weighted by molar-refractivity contribution is -0.130. The van der Waals surface area contributed by atoms with Crippen LogP contribution in [0.25, 0.3) is 0 Å². The lowest BCUT2D eigenvalue weighted by atomic mass is 10.1. The van der Waals surface area contributed by atoms with E-state index in [-0.39, 0.29) is 31.1 Å². The molecule has 0 bridgehead atoms. The highest BCUT2D eigenvalue weighted by atomic mass is 31.1. The number of benzene rings is 1. The number of β-amino-alcohol motifs (C(OH)–C–C–N with tert-alkyl or cyclic N) is 1. The Balaban J connectivity index is -0.000000852. The van der Waals surface area contributed by atoms with Crippen LogP contribution in [0.2, 0.25) is 0 Å². The molecule has 0 radical (unpaired) electrons. The van der Waals surface area contributed by atoms with Gasteiger partial charge in [0.15, 0.2) is 0 Å². The van der Waals surface area contributed by atoms with Crippen LogP contribution in [0.4, 0.5) is 15.3 Å². The number of aldehydes is 1. The van der Waals surface area contributed by atoms with Crippen LogP contribution in [0.15, 0.2) is 24.3 Å². The molecule has 332 valence electrons. The monoisotopic (exact) mass is 846 g/mol. The van der Waals surface area contributed by atoms with Gasteiger partial charge < -0.3 is 61.7 Å². The number of hydrogen-bond donors (Lipinski definition) is 8. The van der Waals surface area contributed by atoms with Gasteiger partial charge in [-0.2, -0.15) is 0 Å². The molecule has 19 nitrogen and oxygen atoms in total. The Labute approximate surface area is 345 Å². The summed E-state index contributed by atoms with van der Waals surface area (Å²) in [5, 5.41) is 19.1. The molecular formula is C38H69N7O12P+. The van der Waals surface area contributed by atoms with E-state index in [2.05, 4.69) is 48.0 Å². The van der Waals surface area contributed by atoms with Crippen LogP contribution in [-0.4, -0.2) is 129 Å². The number of rotatable bonds is 24. The minimum Gasteiger partial charge on any atom is -0.445 e. The van der Waals surface area contributed by atoms with Gasteiger partial charge in [0.25, 0.3) is 0 Å². The van der Waals surface area contributed by atoms with Gasteiger partial charge in [-0.25, -0.2) is 19.0 Å². The number of hydrogen-bond acceptors (Lipinski definition) is 13. The maximum Gasteiger partial charge on any atom is 0.407 e. The molecule has 58 heavy (non-hydrogen) atoms. The number of nitrogens with one attached hydrogen (secondary N) is 4. The van der Waals surface area contributed by atoms with Gasteiger partial charge in [0, 0.05) is 50.7 Å². The molecule has 1 saturated heterocycles. The third-order valence-corrected chi connectivity index (χ3v) is 7.73. The van der Waals surface area contributed by atoms with Crippen LogP contribution in [0.3, 0.4) is 0 Å². The molecule has 0 saturated carbocycles. The number of urea groups is 1. The Hall–Kier alpha value is -4.41. The molecule has 1 aliphatic heterocycles. The molecule has 1 aromatic rings. The van der Waals surface area contributed by atoms with Crippen molar-refractivity contribution < 1.29 is 57.5 Å². The van der Waals surface area contributed by atoms with Gasteiger partial charge in [0.05, 0.1) is 39.1 Å². The highest BCUT2D eigenvalue weighted by Crippen LogP contribution is 2.12. The van der Waals surface area contributed by atoms with Gasteiger partial charge in [-0.05, 0) is 56.2 Å². The summed E-state index contributed by atoms with van der Waals surface area (Å²) in [6, 6.07) is 6.68. The molecule has 0 aromatic heterocycles. The van der Waals surface area contributed by atoms with Crippen molar-refractivity contribution in [2.45, 2.75) is 85.0 Å². The normalized spacial score (nSPS) is 13.1. The lowest BCUT2D eigenvalue weighted by Gasteiger charge is -2.14.